The van der Waals surface area contributed by atoms with Gasteiger partial charge in [-0.3, -0.25) is 19.4 Å². The highest BCUT2D eigenvalue weighted by molar-refractivity contribution is 5.85. The van der Waals surface area contributed by atoms with Crippen molar-refractivity contribution in [2.75, 3.05) is 52.5 Å². The van der Waals surface area contributed by atoms with Crippen LogP contribution in [0.2, 0.25) is 0 Å². The fraction of sp³-hybridized carbons (Fsp3) is 0.875. The van der Waals surface area contributed by atoms with E-state index in [1.807, 2.05) is 0 Å². The molecule has 0 N–H and O–H groups in total. The molecule has 1 heterocycles. The number of hydrogen-bond acceptors (Lipinski definition) is 6. The molecule has 3 aliphatic rings. The molecule has 1 saturated heterocycles. The molecule has 8 heteroatoms. The summed E-state index contributed by atoms with van der Waals surface area (Å²) < 4.78 is 10.5. The number of piperazine rings is 1. The van der Waals surface area contributed by atoms with Crippen LogP contribution in [0, 0.1) is 11.8 Å². The van der Waals surface area contributed by atoms with E-state index in [0.717, 1.165) is 65.0 Å². The van der Waals surface area contributed by atoms with E-state index in [4.69, 9.17) is 9.47 Å². The predicted molar refractivity (Wildman–Crippen MR) is 94.7 cm³/mol. The van der Waals surface area contributed by atoms with Crippen molar-refractivity contribution in [1.82, 2.24) is 9.80 Å². The summed E-state index contributed by atoms with van der Waals surface area (Å²) in [4.78, 5) is 27.5. The zero-order chi connectivity index (χ0) is 15.4. The molecule has 1 aliphatic heterocycles. The molecular formula is C16H28Cl2N2O4. The third kappa shape index (κ3) is 7.13. The van der Waals surface area contributed by atoms with E-state index in [1.165, 1.54) is 0 Å². The Morgan fingerprint density at radius 2 is 1.04 bits per heavy atom. The Balaban J connectivity index is 0.00000144. The minimum Gasteiger partial charge on any atom is -0.464 e. The van der Waals surface area contributed by atoms with Crippen LogP contribution in [0.4, 0.5) is 0 Å². The Labute approximate surface area is 156 Å². The van der Waals surface area contributed by atoms with E-state index in [9.17, 15) is 9.59 Å². The molecule has 0 radical (unpaired) electrons. The molecule has 0 bridgehead atoms. The summed E-state index contributed by atoms with van der Waals surface area (Å²) in [6, 6.07) is 0. The minimum absolute atomic E-state index is 0. The van der Waals surface area contributed by atoms with Crippen molar-refractivity contribution < 1.29 is 19.1 Å². The van der Waals surface area contributed by atoms with Crippen molar-refractivity contribution in [1.29, 1.82) is 0 Å². The summed E-state index contributed by atoms with van der Waals surface area (Å²) in [6.07, 6.45) is 4.01. The van der Waals surface area contributed by atoms with Crippen molar-refractivity contribution >= 4 is 36.8 Å². The van der Waals surface area contributed by atoms with Gasteiger partial charge in [-0.1, -0.05) is 0 Å². The van der Waals surface area contributed by atoms with E-state index in [-0.39, 0.29) is 48.6 Å². The van der Waals surface area contributed by atoms with Crippen molar-refractivity contribution in [3.63, 3.8) is 0 Å². The molecule has 0 aromatic heterocycles. The van der Waals surface area contributed by atoms with Crippen molar-refractivity contribution in [2.45, 2.75) is 25.7 Å². The lowest BCUT2D eigenvalue weighted by Crippen LogP contribution is -2.48. The lowest BCUT2D eigenvalue weighted by atomic mass is 10.3. The molecule has 2 saturated carbocycles. The third-order valence-corrected chi connectivity index (χ3v) is 4.59. The van der Waals surface area contributed by atoms with Gasteiger partial charge in [-0.2, -0.15) is 0 Å². The Morgan fingerprint density at radius 1 is 0.708 bits per heavy atom. The van der Waals surface area contributed by atoms with E-state index in [0.29, 0.717) is 13.2 Å². The van der Waals surface area contributed by atoms with E-state index in [1.54, 1.807) is 0 Å². The second-order valence-corrected chi connectivity index (χ2v) is 6.57. The summed E-state index contributed by atoms with van der Waals surface area (Å²) >= 11 is 0. The summed E-state index contributed by atoms with van der Waals surface area (Å²) in [7, 11) is 0. The van der Waals surface area contributed by atoms with Gasteiger partial charge in [-0.25, -0.2) is 0 Å². The van der Waals surface area contributed by atoms with Crippen molar-refractivity contribution in [2.24, 2.45) is 11.8 Å². The van der Waals surface area contributed by atoms with Crippen molar-refractivity contribution in [3.8, 4) is 0 Å². The highest BCUT2D eigenvalue weighted by atomic mass is 35.5. The maximum atomic E-state index is 11.4. The van der Waals surface area contributed by atoms with Gasteiger partial charge in [-0.15, -0.1) is 24.8 Å². The number of nitrogens with zero attached hydrogens (tertiary/aromatic N) is 2. The molecule has 0 aromatic rings. The van der Waals surface area contributed by atoms with Gasteiger partial charge in [0, 0.05) is 39.3 Å². The van der Waals surface area contributed by atoms with Gasteiger partial charge in [-0.05, 0) is 25.7 Å². The van der Waals surface area contributed by atoms with E-state index in [2.05, 4.69) is 9.80 Å². The molecule has 0 spiro atoms. The number of ether oxygens (including phenoxy) is 2. The van der Waals surface area contributed by atoms with Gasteiger partial charge in [0.1, 0.15) is 13.2 Å². The SMILES string of the molecule is Cl.Cl.O=C(OCCN1CCN(CCOC(=O)C2CC2)CC1)C1CC1. The minimum atomic E-state index is -0.0175. The van der Waals surface area contributed by atoms with Crippen LogP contribution < -0.4 is 0 Å². The molecule has 0 unspecified atom stereocenters. The largest absolute Gasteiger partial charge is 0.464 e. The summed E-state index contributed by atoms with van der Waals surface area (Å²) in [5, 5.41) is 0. The maximum absolute atomic E-state index is 11.4. The lowest BCUT2D eigenvalue weighted by molar-refractivity contribution is -0.147. The zero-order valence-corrected chi connectivity index (χ0v) is 15.6. The van der Waals surface area contributed by atoms with Gasteiger partial charge >= 0.3 is 11.9 Å². The molecule has 140 valence electrons. The average molecular weight is 383 g/mol. The number of carbonyl (C=O) groups excluding carboxylic acids is 2. The van der Waals surface area contributed by atoms with Crippen LogP contribution in [-0.2, 0) is 19.1 Å². The van der Waals surface area contributed by atoms with Gasteiger partial charge in [0.25, 0.3) is 0 Å². The first-order valence-corrected chi connectivity index (χ1v) is 8.50. The van der Waals surface area contributed by atoms with Crippen LogP contribution in [0.15, 0.2) is 0 Å². The number of esters is 2. The molecule has 24 heavy (non-hydrogen) atoms. The maximum Gasteiger partial charge on any atom is 0.308 e. The highest BCUT2D eigenvalue weighted by Crippen LogP contribution is 2.30. The number of hydrogen-bond donors (Lipinski definition) is 0. The first-order valence-electron chi connectivity index (χ1n) is 8.50. The molecule has 3 fully saturated rings. The molecule has 6 nitrogen and oxygen atoms in total. The molecule has 0 atom stereocenters. The van der Waals surface area contributed by atoms with Gasteiger partial charge in [0.05, 0.1) is 11.8 Å². The molecule has 3 rings (SSSR count). The van der Waals surface area contributed by atoms with Crippen LogP contribution in [0.5, 0.6) is 0 Å². The van der Waals surface area contributed by atoms with Gasteiger partial charge in [0.15, 0.2) is 0 Å². The Morgan fingerprint density at radius 3 is 1.33 bits per heavy atom. The summed E-state index contributed by atoms with van der Waals surface area (Å²) in [5.74, 6) is 0.345. The van der Waals surface area contributed by atoms with Crippen LogP contribution in [0.3, 0.4) is 0 Å². The monoisotopic (exact) mass is 382 g/mol. The predicted octanol–water partition coefficient (Wildman–Crippen LogP) is 1.35. The first-order chi connectivity index (χ1) is 10.7. The number of halogens is 2. The van der Waals surface area contributed by atoms with Gasteiger partial charge < -0.3 is 9.47 Å². The molecule has 0 aromatic carbocycles. The second-order valence-electron chi connectivity index (χ2n) is 6.57. The van der Waals surface area contributed by atoms with Gasteiger partial charge in [0.2, 0.25) is 0 Å². The van der Waals surface area contributed by atoms with Crippen LogP contribution >= 0.6 is 24.8 Å². The summed E-state index contributed by atoms with van der Waals surface area (Å²) in [5.41, 5.74) is 0. The third-order valence-electron chi connectivity index (χ3n) is 4.59. The van der Waals surface area contributed by atoms with Crippen LogP contribution in [0.25, 0.3) is 0 Å². The summed E-state index contributed by atoms with van der Waals surface area (Å²) in [6.45, 7) is 6.60. The Bertz CT molecular complexity index is 371. The fourth-order valence-electron chi connectivity index (χ4n) is 2.66. The van der Waals surface area contributed by atoms with E-state index < -0.39 is 0 Å². The van der Waals surface area contributed by atoms with Crippen LogP contribution in [0.1, 0.15) is 25.7 Å². The van der Waals surface area contributed by atoms with E-state index >= 15 is 0 Å². The molecule has 2 aliphatic carbocycles. The molecular weight excluding hydrogens is 355 g/mol. The highest BCUT2D eigenvalue weighted by Gasteiger charge is 2.32. The fourth-order valence-corrected chi connectivity index (χ4v) is 2.66. The van der Waals surface area contributed by atoms with Crippen LogP contribution in [-0.4, -0.2) is 74.2 Å². The Hall–Kier alpha value is -0.560. The number of rotatable bonds is 8. The Kier molecular flexibility index (Phi) is 9.34. The second kappa shape index (κ2) is 10.4. The first kappa shape index (κ1) is 21.5. The number of carbonyl (C=O) groups is 2. The topological polar surface area (TPSA) is 59.1 Å². The normalized spacial score (nSPS) is 21.3. The smallest absolute Gasteiger partial charge is 0.308 e. The molecule has 0 amide bonds. The van der Waals surface area contributed by atoms with Crippen molar-refractivity contribution in [3.05, 3.63) is 0 Å². The standard InChI is InChI=1S/C16H26N2O4.2ClH/c19-15(13-1-2-13)21-11-9-17-5-7-18(8-6-17)10-12-22-16(20)14-3-4-14;;/h13-14H,1-12H2;2*1H. The quantitative estimate of drug-likeness (QED) is 0.590. The average Bonchev–Trinajstić information content (AvgIpc) is 3.41. The lowest BCUT2D eigenvalue weighted by Gasteiger charge is -2.34. The zero-order valence-electron chi connectivity index (χ0n) is 14.0.